The molecule has 0 saturated carbocycles. The van der Waals surface area contributed by atoms with Gasteiger partial charge in [0.05, 0.1) is 24.8 Å². The van der Waals surface area contributed by atoms with Crippen molar-refractivity contribution < 1.29 is 24.2 Å². The van der Waals surface area contributed by atoms with E-state index in [4.69, 9.17) is 9.47 Å². The van der Waals surface area contributed by atoms with Crippen LogP contribution in [-0.2, 0) is 9.53 Å². The van der Waals surface area contributed by atoms with E-state index in [2.05, 4.69) is 0 Å². The summed E-state index contributed by atoms with van der Waals surface area (Å²) in [5, 5.41) is 11.2. The minimum Gasteiger partial charge on any atom is -0.494 e. The van der Waals surface area contributed by atoms with Crippen LogP contribution < -0.4 is 4.74 Å². The molecule has 0 atom stereocenters. The number of esters is 1. The second-order valence-electron chi connectivity index (χ2n) is 7.29. The number of allylic oxidation sites excluding steroid dienone is 2. The number of carbonyl (C=O) groups is 2. The van der Waals surface area contributed by atoms with Gasteiger partial charge in [-0.05, 0) is 61.4 Å². The van der Waals surface area contributed by atoms with E-state index in [0.29, 0.717) is 29.3 Å². The largest absolute Gasteiger partial charge is 0.494 e. The maximum absolute atomic E-state index is 12.7. The molecule has 2 aromatic carbocycles. The lowest BCUT2D eigenvalue weighted by Crippen LogP contribution is -2.07. The minimum atomic E-state index is -0.596. The SMILES string of the molecule is CCOc1ccc(-n2c(C)c(C(=O)OC)c(C=C3C(=O)C=Cc4ccccc43)c2O)cc1. The molecule has 0 aliphatic heterocycles. The molecule has 4 rings (SSSR count). The summed E-state index contributed by atoms with van der Waals surface area (Å²) in [6.45, 7) is 4.17. The normalized spacial score (nSPS) is 13.8. The molecule has 0 amide bonds. The molecule has 0 spiro atoms. The second kappa shape index (κ2) is 8.59. The van der Waals surface area contributed by atoms with Gasteiger partial charge >= 0.3 is 5.97 Å². The molecule has 0 fully saturated rings. The summed E-state index contributed by atoms with van der Waals surface area (Å²) in [4.78, 5) is 25.4. The second-order valence-corrected chi connectivity index (χ2v) is 7.29. The number of ether oxygens (including phenoxy) is 2. The summed E-state index contributed by atoms with van der Waals surface area (Å²) >= 11 is 0. The number of hydrogen-bond donors (Lipinski definition) is 1. The maximum atomic E-state index is 12.7. The first-order valence-corrected chi connectivity index (χ1v) is 10.3. The van der Waals surface area contributed by atoms with Crippen molar-refractivity contribution in [1.29, 1.82) is 0 Å². The number of carbonyl (C=O) groups excluding carboxylic acids is 2. The molecule has 6 heteroatoms. The van der Waals surface area contributed by atoms with Gasteiger partial charge in [0, 0.05) is 17.0 Å². The van der Waals surface area contributed by atoms with Crippen molar-refractivity contribution >= 4 is 29.5 Å². The van der Waals surface area contributed by atoms with Gasteiger partial charge in [0.25, 0.3) is 0 Å². The fourth-order valence-corrected chi connectivity index (χ4v) is 3.94. The van der Waals surface area contributed by atoms with Crippen LogP contribution in [0.4, 0.5) is 0 Å². The van der Waals surface area contributed by atoms with E-state index in [9.17, 15) is 14.7 Å². The molecule has 1 aliphatic rings. The highest BCUT2D eigenvalue weighted by molar-refractivity contribution is 6.33. The fraction of sp³-hybridized carbons (Fsp3) is 0.154. The molecule has 6 nitrogen and oxygen atoms in total. The Bertz CT molecular complexity index is 1260. The Balaban J connectivity index is 1.92. The number of benzene rings is 2. The van der Waals surface area contributed by atoms with E-state index in [0.717, 1.165) is 11.1 Å². The number of aromatic hydroxyl groups is 1. The van der Waals surface area contributed by atoms with Crippen LogP contribution >= 0.6 is 0 Å². The highest BCUT2D eigenvalue weighted by atomic mass is 16.5. The van der Waals surface area contributed by atoms with Gasteiger partial charge in [-0.15, -0.1) is 0 Å². The number of methoxy groups -OCH3 is 1. The molecule has 1 aromatic heterocycles. The van der Waals surface area contributed by atoms with Crippen molar-refractivity contribution in [2.45, 2.75) is 13.8 Å². The van der Waals surface area contributed by atoms with Crippen molar-refractivity contribution in [2.24, 2.45) is 0 Å². The van der Waals surface area contributed by atoms with Crippen LogP contribution in [0, 0.1) is 6.92 Å². The van der Waals surface area contributed by atoms with Gasteiger partial charge in [0.1, 0.15) is 5.75 Å². The molecule has 0 saturated heterocycles. The van der Waals surface area contributed by atoms with E-state index in [-0.39, 0.29) is 22.8 Å². The Morgan fingerprint density at radius 1 is 1.09 bits per heavy atom. The number of hydrogen-bond acceptors (Lipinski definition) is 5. The molecule has 0 unspecified atom stereocenters. The van der Waals surface area contributed by atoms with Gasteiger partial charge in [-0.1, -0.05) is 30.3 Å². The fourth-order valence-electron chi connectivity index (χ4n) is 3.94. The number of ketones is 1. The molecular formula is C26H23NO5. The summed E-state index contributed by atoms with van der Waals surface area (Å²) in [6, 6.07) is 14.6. The van der Waals surface area contributed by atoms with Crippen LogP contribution in [-0.4, -0.2) is 35.1 Å². The lowest BCUT2D eigenvalue weighted by atomic mass is 9.90. The first-order valence-electron chi connectivity index (χ1n) is 10.3. The Morgan fingerprint density at radius 2 is 1.81 bits per heavy atom. The van der Waals surface area contributed by atoms with Gasteiger partial charge in [-0.2, -0.15) is 0 Å². The van der Waals surface area contributed by atoms with E-state index in [1.54, 1.807) is 47.9 Å². The summed E-state index contributed by atoms with van der Waals surface area (Å²) in [5.74, 6) is -0.251. The van der Waals surface area contributed by atoms with Crippen LogP contribution in [0.5, 0.6) is 11.6 Å². The monoisotopic (exact) mass is 429 g/mol. The van der Waals surface area contributed by atoms with E-state index < -0.39 is 5.97 Å². The maximum Gasteiger partial charge on any atom is 0.340 e. The van der Waals surface area contributed by atoms with Crippen LogP contribution in [0.2, 0.25) is 0 Å². The van der Waals surface area contributed by atoms with E-state index in [1.165, 1.54) is 13.2 Å². The predicted octanol–water partition coefficient (Wildman–Crippen LogP) is 4.81. The van der Waals surface area contributed by atoms with Crippen molar-refractivity contribution in [1.82, 2.24) is 4.57 Å². The zero-order valence-corrected chi connectivity index (χ0v) is 18.1. The molecule has 1 N–H and O–H groups in total. The third kappa shape index (κ3) is 3.60. The lowest BCUT2D eigenvalue weighted by Gasteiger charge is -2.13. The van der Waals surface area contributed by atoms with Gasteiger partial charge in [-0.3, -0.25) is 9.36 Å². The molecule has 3 aromatic rings. The minimum absolute atomic E-state index is 0.153. The highest BCUT2D eigenvalue weighted by Gasteiger charge is 2.27. The molecule has 162 valence electrons. The third-order valence-electron chi connectivity index (χ3n) is 5.43. The van der Waals surface area contributed by atoms with Crippen LogP contribution in [0.3, 0.4) is 0 Å². The van der Waals surface area contributed by atoms with Gasteiger partial charge in [0.15, 0.2) is 5.78 Å². The van der Waals surface area contributed by atoms with E-state index >= 15 is 0 Å². The van der Waals surface area contributed by atoms with Crippen LogP contribution in [0.25, 0.3) is 23.4 Å². The zero-order chi connectivity index (χ0) is 22.8. The molecule has 0 bridgehead atoms. The highest BCUT2D eigenvalue weighted by Crippen LogP contribution is 2.37. The predicted molar refractivity (Wildman–Crippen MR) is 123 cm³/mol. The van der Waals surface area contributed by atoms with Crippen LogP contribution in [0.15, 0.2) is 54.6 Å². The standard InChI is InChI=1S/C26H23NO5/c1-4-32-19-12-10-18(11-13-19)27-16(2)24(26(30)31-3)22(25(27)29)15-21-20-8-6-5-7-17(20)9-14-23(21)28/h5-15,29H,4H2,1-3H3. The average Bonchev–Trinajstić information content (AvgIpc) is 3.05. The van der Waals surface area contributed by atoms with Gasteiger partial charge in [-0.25, -0.2) is 4.79 Å². The van der Waals surface area contributed by atoms with Crippen LogP contribution in [0.1, 0.15) is 39.7 Å². The molecule has 0 radical (unpaired) electrons. The Hall–Kier alpha value is -4.06. The zero-order valence-electron chi connectivity index (χ0n) is 18.1. The summed E-state index contributed by atoms with van der Waals surface area (Å²) in [6.07, 6.45) is 4.80. The van der Waals surface area contributed by atoms with Crippen molar-refractivity contribution in [3.8, 4) is 17.3 Å². The van der Waals surface area contributed by atoms with Gasteiger partial charge < -0.3 is 14.6 Å². The lowest BCUT2D eigenvalue weighted by molar-refractivity contribution is -0.109. The quantitative estimate of drug-likeness (QED) is 0.465. The third-order valence-corrected chi connectivity index (χ3v) is 5.43. The Labute approximate surface area is 186 Å². The number of aromatic nitrogens is 1. The molecule has 32 heavy (non-hydrogen) atoms. The molecule has 1 heterocycles. The number of nitrogens with zero attached hydrogens (tertiary/aromatic N) is 1. The van der Waals surface area contributed by atoms with Crippen molar-refractivity contribution in [3.63, 3.8) is 0 Å². The first-order chi connectivity index (χ1) is 15.5. The van der Waals surface area contributed by atoms with E-state index in [1.807, 2.05) is 31.2 Å². The molecule has 1 aliphatic carbocycles. The van der Waals surface area contributed by atoms with Crippen molar-refractivity contribution in [2.75, 3.05) is 13.7 Å². The summed E-state index contributed by atoms with van der Waals surface area (Å²) in [5.41, 5.74) is 3.60. The molecular weight excluding hydrogens is 406 g/mol. The number of rotatable bonds is 5. The Kier molecular flexibility index (Phi) is 5.69. The van der Waals surface area contributed by atoms with Gasteiger partial charge in [0.2, 0.25) is 5.88 Å². The smallest absolute Gasteiger partial charge is 0.340 e. The average molecular weight is 429 g/mol. The Morgan fingerprint density at radius 3 is 2.50 bits per heavy atom. The summed E-state index contributed by atoms with van der Waals surface area (Å²) < 4.78 is 12.0. The first kappa shape index (κ1) is 21.2. The number of fused-ring (bicyclic) bond motifs is 1. The topological polar surface area (TPSA) is 77.8 Å². The summed E-state index contributed by atoms with van der Waals surface area (Å²) in [7, 11) is 1.29. The van der Waals surface area contributed by atoms with Crippen molar-refractivity contribution in [3.05, 3.63) is 82.6 Å².